The lowest BCUT2D eigenvalue weighted by Gasteiger charge is -2.36. The van der Waals surface area contributed by atoms with Gasteiger partial charge in [-0.2, -0.15) is 0 Å². The fraction of sp³-hybridized carbons (Fsp3) is 0.200. The number of rotatable bonds is 0. The minimum Gasteiger partial charge on any atom is -0.125 e. The van der Waals surface area contributed by atoms with E-state index in [1.165, 1.54) is 4.95 Å². The van der Waals surface area contributed by atoms with E-state index in [9.17, 15) is 0 Å². The predicted octanol–water partition coefficient (Wildman–Crippen LogP) is 0.774. The van der Waals surface area contributed by atoms with Crippen LogP contribution in [0.5, 0.6) is 0 Å². The summed E-state index contributed by atoms with van der Waals surface area (Å²) in [6, 6.07) is 0. The molecule has 0 amide bonds. The molecule has 0 saturated heterocycles. The van der Waals surface area contributed by atoms with Crippen molar-refractivity contribution in [3.05, 3.63) is 21.5 Å². The number of allylic oxidation sites excluding steroid dienone is 1. The van der Waals surface area contributed by atoms with Crippen LogP contribution in [-0.4, -0.2) is 8.07 Å². The Balaban J connectivity index is 2.58. The first-order chi connectivity index (χ1) is 5.62. The summed E-state index contributed by atoms with van der Waals surface area (Å²) < 4.78 is 0. The zero-order chi connectivity index (χ0) is 8.51. The molecule has 2 heteroatoms. The quantitative estimate of drug-likeness (QED) is 0.530. The van der Waals surface area contributed by atoms with Gasteiger partial charge in [-0.05, 0) is 25.8 Å². The SMILES string of the molecule is C=c1[pH]c2c3c1[Si](C)(C)C3=CC=2. The van der Waals surface area contributed by atoms with Gasteiger partial charge in [0, 0.05) is 0 Å². The van der Waals surface area contributed by atoms with Crippen molar-refractivity contribution in [1.82, 2.24) is 0 Å². The Hall–Kier alpha value is -0.523. The van der Waals surface area contributed by atoms with Crippen LogP contribution in [0.25, 0.3) is 17.9 Å². The van der Waals surface area contributed by atoms with Crippen molar-refractivity contribution in [2.75, 3.05) is 0 Å². The third-order valence-corrected chi connectivity index (χ3v) is 8.14. The summed E-state index contributed by atoms with van der Waals surface area (Å²) in [5.41, 5.74) is 1.61. The minimum absolute atomic E-state index is 0.880. The molecule has 2 heterocycles. The van der Waals surface area contributed by atoms with Gasteiger partial charge in [-0.15, -0.1) is 8.19 Å². The number of hydrogen-bond acceptors (Lipinski definition) is 0. The Kier molecular flexibility index (Phi) is 0.987. The molecule has 1 aromatic heterocycles. The van der Waals surface area contributed by atoms with Crippen LogP contribution in [0, 0.1) is 0 Å². The Morgan fingerprint density at radius 1 is 1.33 bits per heavy atom. The molecule has 0 bridgehead atoms. The highest BCUT2D eigenvalue weighted by molar-refractivity contribution is 7.31. The maximum atomic E-state index is 4.17. The highest BCUT2D eigenvalue weighted by Gasteiger charge is 2.44. The Labute approximate surface area is 74.4 Å². The first-order valence-electron chi connectivity index (χ1n) is 4.26. The second-order valence-corrected chi connectivity index (χ2v) is 9.82. The smallest absolute Gasteiger partial charge is 0.115 e. The van der Waals surface area contributed by atoms with Crippen molar-refractivity contribution >= 4 is 39.3 Å². The van der Waals surface area contributed by atoms with E-state index in [2.05, 4.69) is 31.8 Å². The van der Waals surface area contributed by atoms with Gasteiger partial charge in [0.25, 0.3) is 0 Å². The summed E-state index contributed by atoms with van der Waals surface area (Å²) in [6.07, 6.45) is 4.66. The summed E-state index contributed by atoms with van der Waals surface area (Å²) in [4.78, 5) is 3.00. The molecule has 1 aliphatic heterocycles. The molecule has 0 fully saturated rings. The van der Waals surface area contributed by atoms with Crippen molar-refractivity contribution in [1.29, 1.82) is 0 Å². The minimum atomic E-state index is -1.14. The largest absolute Gasteiger partial charge is 0.125 e. The van der Waals surface area contributed by atoms with Gasteiger partial charge in [0.05, 0.1) is 0 Å². The summed E-state index contributed by atoms with van der Waals surface area (Å²) in [7, 11) is -0.255. The second kappa shape index (κ2) is 1.71. The van der Waals surface area contributed by atoms with E-state index in [0.717, 1.165) is 8.19 Å². The topological polar surface area (TPSA) is 0 Å². The van der Waals surface area contributed by atoms with Crippen molar-refractivity contribution in [2.45, 2.75) is 13.1 Å². The van der Waals surface area contributed by atoms with Gasteiger partial charge in [-0.3, -0.25) is 0 Å². The van der Waals surface area contributed by atoms with Crippen molar-refractivity contribution < 1.29 is 0 Å². The van der Waals surface area contributed by atoms with Crippen molar-refractivity contribution in [3.63, 3.8) is 0 Å². The van der Waals surface area contributed by atoms with Crippen LogP contribution in [0.1, 0.15) is 5.56 Å². The highest BCUT2D eigenvalue weighted by Crippen LogP contribution is 2.35. The molecule has 1 aliphatic carbocycles. The fourth-order valence-corrected chi connectivity index (χ4v) is 8.13. The van der Waals surface area contributed by atoms with Crippen LogP contribution >= 0.6 is 8.19 Å². The van der Waals surface area contributed by atoms with E-state index in [1.54, 1.807) is 20.9 Å². The molecule has 0 N–H and O–H groups in total. The Morgan fingerprint density at radius 2 is 2.08 bits per heavy atom. The van der Waals surface area contributed by atoms with Gasteiger partial charge >= 0.3 is 0 Å². The molecule has 0 saturated carbocycles. The lowest BCUT2D eigenvalue weighted by Crippen LogP contribution is -2.59. The number of hydrogen-bond donors (Lipinski definition) is 0. The summed E-state index contributed by atoms with van der Waals surface area (Å²) in [5.74, 6) is 0. The van der Waals surface area contributed by atoms with Crippen LogP contribution in [0.3, 0.4) is 0 Å². The Bertz CT molecular complexity index is 517. The van der Waals surface area contributed by atoms with Gasteiger partial charge in [-0.25, -0.2) is 0 Å². The Morgan fingerprint density at radius 3 is 2.83 bits per heavy atom. The van der Waals surface area contributed by atoms with Crippen LogP contribution in [0.2, 0.25) is 13.1 Å². The second-order valence-electron chi connectivity index (χ2n) is 4.14. The van der Waals surface area contributed by atoms with Crippen LogP contribution < -0.4 is 15.1 Å². The van der Waals surface area contributed by atoms with E-state index in [4.69, 9.17) is 0 Å². The van der Waals surface area contributed by atoms with E-state index in [1.807, 2.05) is 0 Å². The average Bonchev–Trinajstić information content (AvgIpc) is 2.39. The molecule has 2 aliphatic rings. The first-order valence-corrected chi connectivity index (χ1v) is 8.26. The summed E-state index contributed by atoms with van der Waals surface area (Å²) in [6.45, 7) is 9.05. The molecule has 0 spiro atoms. The lowest BCUT2D eigenvalue weighted by molar-refractivity contribution is 1.66. The normalized spacial score (nSPS) is 21.7. The molecule has 1 unspecified atom stereocenters. The van der Waals surface area contributed by atoms with E-state index in [-0.39, 0.29) is 0 Å². The zero-order valence-corrected chi connectivity index (χ0v) is 9.36. The molecule has 0 radical (unpaired) electrons. The highest BCUT2D eigenvalue weighted by atomic mass is 31.0. The van der Waals surface area contributed by atoms with Crippen molar-refractivity contribution in [3.8, 4) is 0 Å². The van der Waals surface area contributed by atoms with E-state index < -0.39 is 8.07 Å². The summed E-state index contributed by atoms with van der Waals surface area (Å²) in [5, 5.41) is 3.36. The average molecular weight is 190 g/mol. The third kappa shape index (κ3) is 0.512. The molecule has 1 aromatic rings. The molecule has 1 atom stereocenters. The maximum Gasteiger partial charge on any atom is 0.115 e. The molecular formula is C10H11PSi. The molecule has 12 heavy (non-hydrogen) atoms. The zero-order valence-electron chi connectivity index (χ0n) is 7.36. The fourth-order valence-electron chi connectivity index (χ4n) is 2.51. The maximum absolute atomic E-state index is 4.17. The van der Waals surface area contributed by atoms with Gasteiger partial charge in [0.2, 0.25) is 0 Å². The van der Waals surface area contributed by atoms with Gasteiger partial charge in [-0.1, -0.05) is 31.8 Å². The first kappa shape index (κ1) is 6.94. The molecule has 0 nitrogen and oxygen atoms in total. The van der Waals surface area contributed by atoms with E-state index >= 15 is 0 Å². The van der Waals surface area contributed by atoms with Crippen LogP contribution in [0.4, 0.5) is 0 Å². The summed E-state index contributed by atoms with van der Waals surface area (Å²) >= 11 is 0. The van der Waals surface area contributed by atoms with Gasteiger partial charge in [0.15, 0.2) is 0 Å². The monoisotopic (exact) mass is 190 g/mol. The van der Waals surface area contributed by atoms with Gasteiger partial charge in [0.1, 0.15) is 8.07 Å². The molecule has 3 rings (SSSR count). The van der Waals surface area contributed by atoms with Gasteiger partial charge < -0.3 is 0 Å². The predicted molar refractivity (Wildman–Crippen MR) is 60.3 cm³/mol. The van der Waals surface area contributed by atoms with E-state index in [0.29, 0.717) is 0 Å². The molecule has 60 valence electrons. The van der Waals surface area contributed by atoms with Crippen molar-refractivity contribution in [2.24, 2.45) is 0 Å². The third-order valence-electron chi connectivity index (χ3n) is 3.09. The molecule has 0 aromatic carbocycles. The van der Waals surface area contributed by atoms with Crippen LogP contribution in [-0.2, 0) is 0 Å². The standard InChI is InChI=1S/C10H11PSi/c1-6-10-9-7(11-6)4-5-8(9)12(10,2)3/h4-5,11H,1H2,2-3H3. The van der Waals surface area contributed by atoms with Crippen LogP contribution in [0.15, 0.2) is 6.08 Å². The lowest BCUT2D eigenvalue weighted by atomic mass is 10.3. The molecular weight excluding hydrogens is 179 g/mol.